The quantitative estimate of drug-likeness (QED) is 0.720. The van der Waals surface area contributed by atoms with Crippen LogP contribution in [0.25, 0.3) is 23.1 Å². The lowest BCUT2D eigenvalue weighted by Crippen LogP contribution is -2.05. The lowest BCUT2D eigenvalue weighted by Gasteiger charge is -1.99. The number of pyridine rings is 1. The van der Waals surface area contributed by atoms with E-state index < -0.39 is 0 Å². The Kier molecular flexibility index (Phi) is 3.15. The van der Waals surface area contributed by atoms with Gasteiger partial charge in [-0.05, 0) is 40.5 Å². The molecule has 0 aliphatic heterocycles. The molecule has 0 aromatic carbocycles. The molecule has 0 radical (unpaired) electrons. The van der Waals surface area contributed by atoms with Gasteiger partial charge in [-0.25, -0.2) is 10.1 Å². The highest BCUT2D eigenvalue weighted by atomic mass is 79.9. The fourth-order valence-corrected chi connectivity index (χ4v) is 1.92. The zero-order valence-electron chi connectivity index (χ0n) is 10.3. The van der Waals surface area contributed by atoms with Crippen LogP contribution < -0.4 is 5.56 Å². The van der Waals surface area contributed by atoms with Crippen molar-refractivity contribution >= 4 is 15.9 Å². The van der Waals surface area contributed by atoms with E-state index in [1.165, 1.54) is 12.1 Å². The minimum Gasteiger partial charge on any atom is -0.332 e. The van der Waals surface area contributed by atoms with Gasteiger partial charge in [-0.2, -0.15) is 10.1 Å². The number of rotatable bonds is 2. The van der Waals surface area contributed by atoms with E-state index in [2.05, 4.69) is 41.3 Å². The minimum absolute atomic E-state index is 0.289. The second-order valence-electron chi connectivity index (χ2n) is 4.03. The number of halogens is 1. The van der Waals surface area contributed by atoms with Gasteiger partial charge in [0, 0.05) is 6.07 Å². The van der Waals surface area contributed by atoms with E-state index >= 15 is 0 Å². The van der Waals surface area contributed by atoms with Gasteiger partial charge in [0.15, 0.2) is 0 Å². The highest BCUT2D eigenvalue weighted by Crippen LogP contribution is 2.23. The summed E-state index contributed by atoms with van der Waals surface area (Å²) in [6.45, 7) is 1.90. The molecule has 8 heteroatoms. The smallest absolute Gasteiger partial charge is 0.277 e. The first-order valence-electron chi connectivity index (χ1n) is 5.67. The standard InChI is InChI=1S/C12H8BrN5O2/c1-6-2-4-8(13)14-10(6)12-15-11(18-20-12)7-3-5-9(19)17-16-7/h2-5H,1H3,(H,17,19). The normalized spacial score (nSPS) is 10.7. The summed E-state index contributed by atoms with van der Waals surface area (Å²) in [4.78, 5) is 19.5. The van der Waals surface area contributed by atoms with Crippen molar-refractivity contribution in [2.24, 2.45) is 0 Å². The average molecular weight is 334 g/mol. The van der Waals surface area contributed by atoms with Crippen LogP contribution in [0.4, 0.5) is 0 Å². The van der Waals surface area contributed by atoms with E-state index in [4.69, 9.17) is 4.52 Å². The van der Waals surface area contributed by atoms with Gasteiger partial charge >= 0.3 is 0 Å². The predicted octanol–water partition coefficient (Wildman–Crippen LogP) is 1.95. The number of aromatic amines is 1. The maximum atomic E-state index is 11.0. The van der Waals surface area contributed by atoms with E-state index in [0.717, 1.165) is 5.56 Å². The summed E-state index contributed by atoms with van der Waals surface area (Å²) in [5.74, 6) is 0.587. The Morgan fingerprint density at radius 1 is 1.20 bits per heavy atom. The molecule has 0 spiro atoms. The Balaban J connectivity index is 2.04. The molecule has 3 aromatic heterocycles. The van der Waals surface area contributed by atoms with Gasteiger partial charge in [0.25, 0.3) is 11.4 Å². The molecule has 1 N–H and O–H groups in total. The first-order valence-corrected chi connectivity index (χ1v) is 6.46. The topological polar surface area (TPSA) is 97.6 Å². The van der Waals surface area contributed by atoms with E-state index in [1.54, 1.807) is 0 Å². The number of aryl methyl sites for hydroxylation is 1. The Bertz CT molecular complexity index is 806. The monoisotopic (exact) mass is 333 g/mol. The lowest BCUT2D eigenvalue weighted by molar-refractivity contribution is 0.430. The van der Waals surface area contributed by atoms with E-state index in [-0.39, 0.29) is 11.4 Å². The SMILES string of the molecule is Cc1ccc(Br)nc1-c1nc(-c2ccc(=O)[nH]n2)no1. The molecule has 0 bridgehead atoms. The van der Waals surface area contributed by atoms with Crippen molar-refractivity contribution in [2.75, 3.05) is 0 Å². The van der Waals surface area contributed by atoms with Crippen LogP contribution in [0.5, 0.6) is 0 Å². The van der Waals surface area contributed by atoms with Gasteiger partial charge in [0.1, 0.15) is 16.0 Å². The molecule has 100 valence electrons. The zero-order valence-corrected chi connectivity index (χ0v) is 11.9. The highest BCUT2D eigenvalue weighted by Gasteiger charge is 2.15. The summed E-state index contributed by atoms with van der Waals surface area (Å²) in [6.07, 6.45) is 0. The highest BCUT2D eigenvalue weighted by molar-refractivity contribution is 9.10. The molecule has 3 rings (SSSR count). The molecule has 0 fully saturated rings. The van der Waals surface area contributed by atoms with Gasteiger partial charge in [-0.3, -0.25) is 4.79 Å². The van der Waals surface area contributed by atoms with Crippen molar-refractivity contribution in [1.82, 2.24) is 25.3 Å². The molecule has 0 saturated carbocycles. The van der Waals surface area contributed by atoms with Gasteiger partial charge in [-0.15, -0.1) is 0 Å². The summed E-state index contributed by atoms with van der Waals surface area (Å²) in [6, 6.07) is 6.60. The van der Waals surface area contributed by atoms with Crippen LogP contribution >= 0.6 is 15.9 Å². The molecule has 0 aliphatic rings. The van der Waals surface area contributed by atoms with E-state index in [9.17, 15) is 4.79 Å². The molecule has 0 atom stereocenters. The van der Waals surface area contributed by atoms with Crippen molar-refractivity contribution in [2.45, 2.75) is 6.92 Å². The number of aromatic nitrogens is 5. The number of H-pyrrole nitrogens is 1. The third kappa shape index (κ3) is 2.37. The molecule has 3 heterocycles. The predicted molar refractivity (Wildman–Crippen MR) is 73.8 cm³/mol. The molecule has 0 aliphatic carbocycles. The first kappa shape index (κ1) is 12.7. The van der Waals surface area contributed by atoms with Gasteiger partial charge in [0.05, 0.1) is 0 Å². The lowest BCUT2D eigenvalue weighted by atomic mass is 10.2. The Morgan fingerprint density at radius 2 is 2.05 bits per heavy atom. The van der Waals surface area contributed by atoms with Crippen molar-refractivity contribution in [1.29, 1.82) is 0 Å². The fourth-order valence-electron chi connectivity index (χ4n) is 1.61. The number of hydrogen-bond donors (Lipinski definition) is 1. The Labute approximate surface area is 121 Å². The summed E-state index contributed by atoms with van der Waals surface area (Å²) in [5.41, 5.74) is 1.65. The largest absolute Gasteiger partial charge is 0.332 e. The van der Waals surface area contributed by atoms with Gasteiger partial charge < -0.3 is 4.52 Å². The zero-order chi connectivity index (χ0) is 14.1. The molecule has 0 amide bonds. The summed E-state index contributed by atoms with van der Waals surface area (Å²) < 4.78 is 5.88. The van der Waals surface area contributed by atoms with Crippen LogP contribution in [0, 0.1) is 6.92 Å². The molecule has 0 saturated heterocycles. The van der Waals surface area contributed by atoms with Gasteiger partial charge in [-0.1, -0.05) is 11.2 Å². The van der Waals surface area contributed by atoms with Crippen molar-refractivity contribution in [3.05, 3.63) is 44.8 Å². The van der Waals surface area contributed by atoms with E-state index in [1.807, 2.05) is 19.1 Å². The second-order valence-corrected chi connectivity index (χ2v) is 4.84. The van der Waals surface area contributed by atoms with Crippen LogP contribution in [0.1, 0.15) is 5.56 Å². The third-order valence-electron chi connectivity index (χ3n) is 2.60. The van der Waals surface area contributed by atoms with Gasteiger partial charge in [0.2, 0.25) is 5.82 Å². The number of hydrogen-bond acceptors (Lipinski definition) is 6. The van der Waals surface area contributed by atoms with Crippen LogP contribution in [-0.4, -0.2) is 25.3 Å². The summed E-state index contributed by atoms with van der Waals surface area (Å²) in [7, 11) is 0. The van der Waals surface area contributed by atoms with Crippen LogP contribution in [-0.2, 0) is 0 Å². The molecular weight excluding hydrogens is 326 g/mol. The Morgan fingerprint density at radius 3 is 2.80 bits per heavy atom. The minimum atomic E-state index is -0.290. The summed E-state index contributed by atoms with van der Waals surface area (Å²) >= 11 is 3.30. The molecule has 7 nitrogen and oxygen atoms in total. The second kappa shape index (κ2) is 4.97. The van der Waals surface area contributed by atoms with Crippen LogP contribution in [0.2, 0.25) is 0 Å². The maximum absolute atomic E-state index is 11.0. The maximum Gasteiger partial charge on any atom is 0.277 e. The molecule has 3 aromatic rings. The average Bonchev–Trinajstić information content (AvgIpc) is 2.92. The van der Waals surface area contributed by atoms with E-state index in [0.29, 0.717) is 21.9 Å². The van der Waals surface area contributed by atoms with Crippen molar-refractivity contribution in [3.63, 3.8) is 0 Å². The first-order chi connectivity index (χ1) is 9.63. The van der Waals surface area contributed by atoms with Crippen LogP contribution in [0.3, 0.4) is 0 Å². The third-order valence-corrected chi connectivity index (χ3v) is 3.04. The number of nitrogens with one attached hydrogen (secondary N) is 1. The Hall–Kier alpha value is -2.35. The molecular formula is C12H8BrN5O2. The number of nitrogens with zero attached hydrogens (tertiary/aromatic N) is 4. The van der Waals surface area contributed by atoms with Crippen molar-refractivity contribution in [3.8, 4) is 23.1 Å². The van der Waals surface area contributed by atoms with Crippen molar-refractivity contribution < 1.29 is 4.52 Å². The molecule has 0 unspecified atom stereocenters. The summed E-state index contributed by atoms with van der Waals surface area (Å²) in [5, 5.41) is 10.00. The fraction of sp³-hybridized carbons (Fsp3) is 0.0833. The van der Waals surface area contributed by atoms with Crippen LogP contribution in [0.15, 0.2) is 38.2 Å². The molecule has 20 heavy (non-hydrogen) atoms.